The van der Waals surface area contributed by atoms with Gasteiger partial charge in [0.25, 0.3) is 0 Å². The summed E-state index contributed by atoms with van der Waals surface area (Å²) < 4.78 is 0. The Morgan fingerprint density at radius 2 is 1.37 bits per heavy atom. The van der Waals surface area contributed by atoms with Crippen molar-refractivity contribution in [3.63, 3.8) is 0 Å². The number of likely N-dealkylation sites (N-methyl/N-ethyl adjacent to an activating group) is 1. The van der Waals surface area contributed by atoms with E-state index in [9.17, 15) is 0 Å². The molecule has 0 radical (unpaired) electrons. The second kappa shape index (κ2) is 12.9. The molecule has 0 rings (SSSR count). The molecule has 0 aromatic carbocycles. The lowest BCUT2D eigenvalue weighted by Gasteiger charge is -2.28. The first-order chi connectivity index (χ1) is 9.09. The molecule has 19 heavy (non-hydrogen) atoms. The summed E-state index contributed by atoms with van der Waals surface area (Å²) in [5, 5.41) is 3.62. The summed E-state index contributed by atoms with van der Waals surface area (Å²) in [5.41, 5.74) is 0. The highest BCUT2D eigenvalue weighted by atomic mass is 15.1. The van der Waals surface area contributed by atoms with E-state index >= 15 is 0 Å². The zero-order valence-corrected chi connectivity index (χ0v) is 14.2. The summed E-state index contributed by atoms with van der Waals surface area (Å²) in [6.45, 7) is 9.21. The SMILES string of the molecule is CCCCCCCCCCNCC(C(C)C)N(C)C. The van der Waals surface area contributed by atoms with Crippen molar-refractivity contribution < 1.29 is 0 Å². The summed E-state index contributed by atoms with van der Waals surface area (Å²) in [4.78, 5) is 2.34. The molecule has 2 heteroatoms. The Kier molecular flexibility index (Phi) is 12.9. The number of rotatable bonds is 13. The normalized spacial score (nSPS) is 13.4. The fourth-order valence-electron chi connectivity index (χ4n) is 2.65. The van der Waals surface area contributed by atoms with Crippen molar-refractivity contribution in [1.82, 2.24) is 10.2 Å². The average Bonchev–Trinajstić information content (AvgIpc) is 2.35. The Morgan fingerprint density at radius 3 is 1.84 bits per heavy atom. The van der Waals surface area contributed by atoms with E-state index in [-0.39, 0.29) is 0 Å². The maximum Gasteiger partial charge on any atom is 0.0237 e. The van der Waals surface area contributed by atoms with Gasteiger partial charge in [-0.05, 0) is 33.0 Å². The van der Waals surface area contributed by atoms with Crippen LogP contribution in [0, 0.1) is 5.92 Å². The van der Waals surface area contributed by atoms with Crippen LogP contribution < -0.4 is 5.32 Å². The molecule has 0 aliphatic carbocycles. The summed E-state index contributed by atoms with van der Waals surface area (Å²) in [6.07, 6.45) is 11.2. The molecule has 0 heterocycles. The van der Waals surface area contributed by atoms with E-state index in [2.05, 4.69) is 45.1 Å². The van der Waals surface area contributed by atoms with Gasteiger partial charge in [0.1, 0.15) is 0 Å². The molecular formula is C17H38N2. The maximum atomic E-state index is 3.62. The highest BCUT2D eigenvalue weighted by Gasteiger charge is 2.14. The minimum absolute atomic E-state index is 0.661. The number of hydrogen-bond acceptors (Lipinski definition) is 2. The quantitative estimate of drug-likeness (QED) is 0.502. The van der Waals surface area contributed by atoms with E-state index in [0.717, 1.165) is 12.5 Å². The van der Waals surface area contributed by atoms with Crippen LogP contribution in [-0.2, 0) is 0 Å². The molecule has 2 nitrogen and oxygen atoms in total. The molecule has 0 aliphatic rings. The van der Waals surface area contributed by atoms with Gasteiger partial charge < -0.3 is 10.2 Å². The smallest absolute Gasteiger partial charge is 0.0237 e. The minimum Gasteiger partial charge on any atom is -0.315 e. The van der Waals surface area contributed by atoms with Gasteiger partial charge in [-0.25, -0.2) is 0 Å². The first-order valence-electron chi connectivity index (χ1n) is 8.46. The third kappa shape index (κ3) is 11.4. The Hall–Kier alpha value is -0.0800. The van der Waals surface area contributed by atoms with Crippen molar-refractivity contribution in [3.05, 3.63) is 0 Å². The van der Waals surface area contributed by atoms with Crippen LogP contribution in [0.1, 0.15) is 72.1 Å². The molecule has 0 spiro atoms. The predicted molar refractivity (Wildman–Crippen MR) is 87.8 cm³/mol. The topological polar surface area (TPSA) is 15.3 Å². The van der Waals surface area contributed by atoms with E-state index in [1.165, 1.54) is 57.9 Å². The number of unbranched alkanes of at least 4 members (excludes halogenated alkanes) is 7. The average molecular weight is 271 g/mol. The van der Waals surface area contributed by atoms with Gasteiger partial charge in [-0.1, -0.05) is 65.7 Å². The lowest BCUT2D eigenvalue weighted by Crippen LogP contribution is -2.41. The van der Waals surface area contributed by atoms with Crippen LogP contribution in [0.4, 0.5) is 0 Å². The first-order valence-corrected chi connectivity index (χ1v) is 8.46. The standard InChI is InChI=1S/C17H38N2/c1-6-7-8-9-10-11-12-13-14-18-15-17(16(2)3)19(4)5/h16-18H,6-15H2,1-5H3. The molecule has 0 amide bonds. The minimum atomic E-state index is 0.661. The number of hydrogen-bond donors (Lipinski definition) is 1. The van der Waals surface area contributed by atoms with Crippen LogP contribution in [0.2, 0.25) is 0 Å². The second-order valence-corrected chi connectivity index (χ2v) is 6.45. The summed E-state index contributed by atoms with van der Waals surface area (Å²) >= 11 is 0. The molecule has 116 valence electrons. The van der Waals surface area contributed by atoms with E-state index in [1.54, 1.807) is 0 Å². The molecule has 1 N–H and O–H groups in total. The van der Waals surface area contributed by atoms with Gasteiger partial charge in [-0.15, -0.1) is 0 Å². The van der Waals surface area contributed by atoms with Crippen molar-refractivity contribution in [1.29, 1.82) is 0 Å². The zero-order valence-electron chi connectivity index (χ0n) is 14.2. The van der Waals surface area contributed by atoms with Crippen molar-refractivity contribution in [3.8, 4) is 0 Å². The van der Waals surface area contributed by atoms with Crippen molar-refractivity contribution in [2.45, 2.75) is 78.2 Å². The maximum absolute atomic E-state index is 3.62. The Labute approximate surface area is 122 Å². The molecular weight excluding hydrogens is 232 g/mol. The van der Waals surface area contributed by atoms with Gasteiger partial charge in [-0.2, -0.15) is 0 Å². The molecule has 0 fully saturated rings. The Balaban J connectivity index is 3.30. The van der Waals surface area contributed by atoms with Crippen molar-refractivity contribution in [2.24, 2.45) is 5.92 Å². The molecule has 0 saturated carbocycles. The Bertz CT molecular complexity index is 170. The van der Waals surface area contributed by atoms with Gasteiger partial charge in [-0.3, -0.25) is 0 Å². The lowest BCUT2D eigenvalue weighted by molar-refractivity contribution is 0.224. The Morgan fingerprint density at radius 1 is 0.842 bits per heavy atom. The van der Waals surface area contributed by atoms with Crippen molar-refractivity contribution in [2.75, 3.05) is 27.2 Å². The summed E-state index contributed by atoms with van der Waals surface area (Å²) in [7, 11) is 4.37. The molecule has 0 aromatic rings. The van der Waals surface area contributed by atoms with Gasteiger partial charge >= 0.3 is 0 Å². The van der Waals surface area contributed by atoms with Crippen LogP contribution >= 0.6 is 0 Å². The molecule has 0 saturated heterocycles. The lowest BCUT2D eigenvalue weighted by atomic mass is 10.0. The summed E-state index contributed by atoms with van der Waals surface area (Å²) in [6, 6.07) is 0.661. The summed E-state index contributed by atoms with van der Waals surface area (Å²) in [5.74, 6) is 0.723. The fraction of sp³-hybridized carbons (Fsp3) is 1.00. The predicted octanol–water partition coefficient (Wildman–Crippen LogP) is 4.30. The molecule has 1 unspecified atom stereocenters. The molecule has 1 atom stereocenters. The van der Waals surface area contributed by atoms with E-state index in [4.69, 9.17) is 0 Å². The molecule has 0 aromatic heterocycles. The fourth-order valence-corrected chi connectivity index (χ4v) is 2.65. The monoisotopic (exact) mass is 270 g/mol. The first kappa shape index (κ1) is 18.9. The van der Waals surface area contributed by atoms with Crippen LogP contribution in [0.3, 0.4) is 0 Å². The van der Waals surface area contributed by atoms with E-state index in [1.807, 2.05) is 0 Å². The van der Waals surface area contributed by atoms with Crippen LogP contribution in [0.5, 0.6) is 0 Å². The zero-order chi connectivity index (χ0) is 14.5. The third-order valence-corrected chi connectivity index (χ3v) is 3.99. The number of nitrogens with zero attached hydrogens (tertiary/aromatic N) is 1. The van der Waals surface area contributed by atoms with Crippen LogP contribution in [0.25, 0.3) is 0 Å². The highest BCUT2D eigenvalue weighted by Crippen LogP contribution is 2.08. The third-order valence-electron chi connectivity index (χ3n) is 3.99. The van der Waals surface area contributed by atoms with E-state index in [0.29, 0.717) is 6.04 Å². The van der Waals surface area contributed by atoms with Crippen LogP contribution in [0.15, 0.2) is 0 Å². The van der Waals surface area contributed by atoms with Crippen LogP contribution in [-0.4, -0.2) is 38.1 Å². The molecule has 0 aliphatic heterocycles. The van der Waals surface area contributed by atoms with Gasteiger partial charge in [0, 0.05) is 12.6 Å². The van der Waals surface area contributed by atoms with Gasteiger partial charge in [0.05, 0.1) is 0 Å². The number of nitrogens with one attached hydrogen (secondary N) is 1. The highest BCUT2D eigenvalue weighted by molar-refractivity contribution is 4.72. The van der Waals surface area contributed by atoms with E-state index < -0.39 is 0 Å². The van der Waals surface area contributed by atoms with Gasteiger partial charge in [0.2, 0.25) is 0 Å². The second-order valence-electron chi connectivity index (χ2n) is 6.45. The van der Waals surface area contributed by atoms with Gasteiger partial charge in [0.15, 0.2) is 0 Å². The molecule has 0 bridgehead atoms. The largest absolute Gasteiger partial charge is 0.315 e. The van der Waals surface area contributed by atoms with Crippen molar-refractivity contribution >= 4 is 0 Å².